The van der Waals surface area contributed by atoms with Gasteiger partial charge < -0.3 is 5.73 Å². The highest BCUT2D eigenvalue weighted by atomic mass is 32.2. The van der Waals surface area contributed by atoms with Crippen molar-refractivity contribution < 1.29 is 0 Å². The molecule has 72 valence electrons. The van der Waals surface area contributed by atoms with Crippen molar-refractivity contribution in [3.05, 3.63) is 29.5 Å². The summed E-state index contributed by atoms with van der Waals surface area (Å²) >= 11 is 3.08. The molecule has 2 heterocycles. The summed E-state index contributed by atoms with van der Waals surface area (Å²) in [4.78, 5) is 13.3. The van der Waals surface area contributed by atoms with Crippen molar-refractivity contribution in [2.24, 2.45) is 0 Å². The van der Waals surface area contributed by atoms with Crippen LogP contribution in [-0.4, -0.2) is 15.0 Å². The lowest BCUT2D eigenvalue weighted by Crippen LogP contribution is -1.83. The SMILES string of the molecule is Nc1ncc(CSc2ncccn2)s1. The zero-order chi connectivity index (χ0) is 9.80. The molecule has 0 unspecified atom stereocenters. The van der Waals surface area contributed by atoms with Crippen LogP contribution in [-0.2, 0) is 5.75 Å². The van der Waals surface area contributed by atoms with E-state index >= 15 is 0 Å². The topological polar surface area (TPSA) is 64.7 Å². The summed E-state index contributed by atoms with van der Waals surface area (Å²) in [6.07, 6.45) is 5.25. The maximum absolute atomic E-state index is 5.51. The van der Waals surface area contributed by atoms with Gasteiger partial charge in [0.1, 0.15) is 0 Å². The number of thioether (sulfide) groups is 1. The molecule has 0 saturated carbocycles. The monoisotopic (exact) mass is 224 g/mol. The first-order valence-electron chi connectivity index (χ1n) is 3.94. The summed E-state index contributed by atoms with van der Waals surface area (Å²) in [5.74, 6) is 0.818. The molecule has 2 aromatic rings. The molecule has 2 aromatic heterocycles. The Labute approximate surface area is 89.6 Å². The fraction of sp³-hybridized carbons (Fsp3) is 0.125. The normalized spacial score (nSPS) is 10.3. The van der Waals surface area contributed by atoms with Crippen LogP contribution >= 0.6 is 23.1 Å². The van der Waals surface area contributed by atoms with Gasteiger partial charge in [-0.3, -0.25) is 0 Å². The summed E-state index contributed by atoms with van der Waals surface area (Å²) in [6, 6.07) is 1.80. The first-order valence-corrected chi connectivity index (χ1v) is 5.75. The molecule has 0 fully saturated rings. The maximum atomic E-state index is 5.51. The van der Waals surface area contributed by atoms with Gasteiger partial charge in [-0.15, -0.1) is 11.3 Å². The molecule has 2 N–H and O–H groups in total. The van der Waals surface area contributed by atoms with Crippen LogP contribution in [0.3, 0.4) is 0 Å². The number of nitrogens with two attached hydrogens (primary N) is 1. The van der Waals surface area contributed by atoms with E-state index in [0.717, 1.165) is 15.8 Å². The molecule has 14 heavy (non-hydrogen) atoms. The Bertz CT molecular complexity index is 401. The molecule has 0 aliphatic carbocycles. The van der Waals surface area contributed by atoms with E-state index in [9.17, 15) is 0 Å². The molecule has 0 aromatic carbocycles. The number of aromatic nitrogens is 3. The zero-order valence-electron chi connectivity index (χ0n) is 7.25. The third kappa shape index (κ3) is 2.43. The van der Waals surface area contributed by atoms with Gasteiger partial charge in [0, 0.05) is 29.2 Å². The van der Waals surface area contributed by atoms with Gasteiger partial charge in [0.05, 0.1) is 0 Å². The third-order valence-corrected chi connectivity index (χ3v) is 3.39. The van der Waals surface area contributed by atoms with E-state index in [0.29, 0.717) is 5.13 Å². The molecular weight excluding hydrogens is 216 g/mol. The molecule has 0 aliphatic rings. The first kappa shape index (κ1) is 9.42. The zero-order valence-corrected chi connectivity index (χ0v) is 8.88. The molecule has 2 rings (SSSR count). The van der Waals surface area contributed by atoms with Gasteiger partial charge >= 0.3 is 0 Å². The minimum absolute atomic E-state index is 0.606. The molecular formula is C8H8N4S2. The summed E-state index contributed by atoms with van der Waals surface area (Å²) in [7, 11) is 0. The molecule has 0 spiro atoms. The van der Waals surface area contributed by atoms with Gasteiger partial charge in [0.25, 0.3) is 0 Å². The van der Waals surface area contributed by atoms with E-state index in [-0.39, 0.29) is 0 Å². The lowest BCUT2D eigenvalue weighted by Gasteiger charge is -1.95. The van der Waals surface area contributed by atoms with Gasteiger partial charge in [-0.05, 0) is 6.07 Å². The average Bonchev–Trinajstić information content (AvgIpc) is 2.63. The van der Waals surface area contributed by atoms with Gasteiger partial charge in [0.15, 0.2) is 10.3 Å². The Morgan fingerprint density at radius 1 is 1.29 bits per heavy atom. The van der Waals surface area contributed by atoms with E-state index in [1.165, 1.54) is 11.3 Å². The van der Waals surface area contributed by atoms with Crippen molar-refractivity contribution in [1.29, 1.82) is 0 Å². The Morgan fingerprint density at radius 3 is 2.71 bits per heavy atom. The van der Waals surface area contributed by atoms with Gasteiger partial charge in [-0.2, -0.15) is 0 Å². The number of hydrogen-bond donors (Lipinski definition) is 1. The van der Waals surface area contributed by atoms with Gasteiger partial charge in [0.2, 0.25) is 0 Å². The standard InChI is InChI=1S/C8H8N4S2/c9-7-12-4-6(14-7)5-13-8-10-2-1-3-11-8/h1-4H,5H2,(H2,9,12). The molecule has 0 aliphatic heterocycles. The predicted octanol–water partition coefficient (Wildman–Crippen LogP) is 1.81. The van der Waals surface area contributed by atoms with Gasteiger partial charge in [-0.25, -0.2) is 15.0 Å². The quantitative estimate of drug-likeness (QED) is 0.636. The fourth-order valence-corrected chi connectivity index (χ4v) is 2.39. The number of anilines is 1. The minimum Gasteiger partial charge on any atom is -0.375 e. The highest BCUT2D eigenvalue weighted by Crippen LogP contribution is 2.23. The second-order valence-electron chi connectivity index (χ2n) is 2.48. The number of thiazole rings is 1. The molecule has 4 nitrogen and oxygen atoms in total. The fourth-order valence-electron chi connectivity index (χ4n) is 0.885. The summed E-state index contributed by atoms with van der Waals surface area (Å²) in [5, 5.41) is 1.38. The van der Waals surface area contributed by atoms with Crippen molar-refractivity contribution in [3.63, 3.8) is 0 Å². The Morgan fingerprint density at radius 2 is 2.07 bits per heavy atom. The van der Waals surface area contributed by atoms with E-state index in [2.05, 4.69) is 15.0 Å². The van der Waals surface area contributed by atoms with Gasteiger partial charge in [-0.1, -0.05) is 11.8 Å². The molecule has 0 saturated heterocycles. The van der Waals surface area contributed by atoms with Crippen molar-refractivity contribution in [2.75, 3.05) is 5.73 Å². The molecule has 6 heteroatoms. The van der Waals surface area contributed by atoms with Crippen molar-refractivity contribution >= 4 is 28.2 Å². The van der Waals surface area contributed by atoms with Crippen LogP contribution in [0.2, 0.25) is 0 Å². The van der Waals surface area contributed by atoms with Crippen LogP contribution in [0.25, 0.3) is 0 Å². The first-order chi connectivity index (χ1) is 6.84. The van der Waals surface area contributed by atoms with Crippen molar-refractivity contribution in [1.82, 2.24) is 15.0 Å². The van der Waals surface area contributed by atoms with Crippen molar-refractivity contribution in [2.45, 2.75) is 10.9 Å². The molecule has 0 amide bonds. The third-order valence-electron chi connectivity index (χ3n) is 1.46. The number of hydrogen-bond acceptors (Lipinski definition) is 6. The summed E-state index contributed by atoms with van der Waals surface area (Å²) < 4.78 is 0. The van der Waals surface area contributed by atoms with E-state index in [4.69, 9.17) is 5.73 Å². The molecule has 0 radical (unpaired) electrons. The van der Waals surface area contributed by atoms with Crippen LogP contribution in [0.1, 0.15) is 4.88 Å². The number of nitrogen functional groups attached to an aromatic ring is 1. The smallest absolute Gasteiger partial charge is 0.187 e. The Balaban J connectivity index is 1.95. The van der Waals surface area contributed by atoms with E-state index in [1.54, 1.807) is 36.4 Å². The van der Waals surface area contributed by atoms with Crippen LogP contribution in [0.4, 0.5) is 5.13 Å². The van der Waals surface area contributed by atoms with Crippen LogP contribution in [0.5, 0.6) is 0 Å². The average molecular weight is 224 g/mol. The highest BCUT2D eigenvalue weighted by Gasteiger charge is 2.01. The van der Waals surface area contributed by atoms with Crippen molar-refractivity contribution in [3.8, 4) is 0 Å². The summed E-state index contributed by atoms with van der Waals surface area (Å²) in [6.45, 7) is 0. The second-order valence-corrected chi connectivity index (χ2v) is 4.57. The predicted molar refractivity (Wildman–Crippen MR) is 58.1 cm³/mol. The van der Waals surface area contributed by atoms with E-state index in [1.807, 2.05) is 0 Å². The minimum atomic E-state index is 0.606. The lowest BCUT2D eigenvalue weighted by atomic mass is 10.6. The number of rotatable bonds is 3. The van der Waals surface area contributed by atoms with E-state index < -0.39 is 0 Å². The largest absolute Gasteiger partial charge is 0.375 e. The van der Waals surface area contributed by atoms with Crippen LogP contribution < -0.4 is 5.73 Å². The molecule has 0 atom stereocenters. The highest BCUT2D eigenvalue weighted by molar-refractivity contribution is 7.98. The number of nitrogens with zero attached hydrogens (tertiary/aromatic N) is 3. The lowest BCUT2D eigenvalue weighted by molar-refractivity contribution is 0.967. The van der Waals surface area contributed by atoms with Crippen LogP contribution in [0.15, 0.2) is 29.8 Å². The molecule has 0 bridgehead atoms. The van der Waals surface area contributed by atoms with Crippen LogP contribution in [0, 0.1) is 0 Å². The summed E-state index contributed by atoms with van der Waals surface area (Å²) in [5.41, 5.74) is 5.51. The Hall–Kier alpha value is -1.14. The maximum Gasteiger partial charge on any atom is 0.187 e. The second kappa shape index (κ2) is 4.39. The Kier molecular flexibility index (Phi) is 2.95.